The van der Waals surface area contributed by atoms with Crippen LogP contribution in [0.4, 0.5) is 0 Å². The minimum atomic E-state index is 0.338. The van der Waals surface area contributed by atoms with Crippen LogP contribution in [0.3, 0.4) is 0 Å². The third kappa shape index (κ3) is 4.41. The van der Waals surface area contributed by atoms with E-state index in [1.807, 2.05) is 0 Å². The molecule has 2 saturated heterocycles. The van der Waals surface area contributed by atoms with Crippen molar-refractivity contribution in [2.45, 2.75) is 25.7 Å². The molecule has 0 N–H and O–H groups in total. The van der Waals surface area contributed by atoms with E-state index in [2.05, 4.69) is 14.7 Å². The standard InChI is InChI=1S/C16H29N3O2/c20-16(4-5-17-10-12-21-13-11-17)19-8-6-18(7-9-19)14-15-2-1-3-15/h15H,1-14H2. The van der Waals surface area contributed by atoms with Crippen LogP contribution >= 0.6 is 0 Å². The van der Waals surface area contributed by atoms with E-state index in [0.29, 0.717) is 12.3 Å². The first-order chi connectivity index (χ1) is 10.3. The fourth-order valence-electron chi connectivity index (χ4n) is 3.46. The highest BCUT2D eigenvalue weighted by atomic mass is 16.5. The van der Waals surface area contributed by atoms with Crippen molar-refractivity contribution in [3.63, 3.8) is 0 Å². The zero-order valence-electron chi connectivity index (χ0n) is 13.1. The summed E-state index contributed by atoms with van der Waals surface area (Å²) >= 11 is 0. The quantitative estimate of drug-likeness (QED) is 0.746. The second kappa shape index (κ2) is 7.56. The van der Waals surface area contributed by atoms with Gasteiger partial charge in [0.05, 0.1) is 13.2 Å². The van der Waals surface area contributed by atoms with Gasteiger partial charge in [-0.25, -0.2) is 0 Å². The third-order valence-electron chi connectivity index (χ3n) is 5.21. The minimum absolute atomic E-state index is 0.338. The number of carbonyl (C=O) groups excluding carboxylic acids is 1. The van der Waals surface area contributed by atoms with E-state index < -0.39 is 0 Å². The van der Waals surface area contributed by atoms with Crippen LogP contribution in [0.1, 0.15) is 25.7 Å². The van der Waals surface area contributed by atoms with Gasteiger partial charge in [0.25, 0.3) is 0 Å². The van der Waals surface area contributed by atoms with Crippen molar-refractivity contribution in [2.24, 2.45) is 5.92 Å². The Labute approximate surface area is 128 Å². The molecule has 1 amide bonds. The van der Waals surface area contributed by atoms with Crippen molar-refractivity contribution in [3.8, 4) is 0 Å². The van der Waals surface area contributed by atoms with Crippen LogP contribution < -0.4 is 0 Å². The van der Waals surface area contributed by atoms with E-state index in [0.717, 1.165) is 64.9 Å². The monoisotopic (exact) mass is 295 g/mol. The number of carbonyl (C=O) groups is 1. The third-order valence-corrected chi connectivity index (χ3v) is 5.21. The van der Waals surface area contributed by atoms with Gasteiger partial charge in [-0.1, -0.05) is 6.42 Å². The Balaban J connectivity index is 1.32. The highest BCUT2D eigenvalue weighted by Gasteiger charge is 2.25. The van der Waals surface area contributed by atoms with Gasteiger partial charge in [0.2, 0.25) is 5.91 Å². The molecule has 0 aromatic rings. The summed E-state index contributed by atoms with van der Waals surface area (Å²) in [6.07, 6.45) is 4.92. The number of hydrogen-bond donors (Lipinski definition) is 0. The molecule has 0 bridgehead atoms. The molecule has 5 nitrogen and oxygen atoms in total. The topological polar surface area (TPSA) is 36.0 Å². The van der Waals surface area contributed by atoms with Crippen molar-refractivity contribution in [1.29, 1.82) is 0 Å². The van der Waals surface area contributed by atoms with Crippen LogP contribution in [-0.2, 0) is 9.53 Å². The second-order valence-electron chi connectivity index (χ2n) is 6.68. The summed E-state index contributed by atoms with van der Waals surface area (Å²) in [6, 6.07) is 0. The molecule has 21 heavy (non-hydrogen) atoms. The van der Waals surface area contributed by atoms with Crippen molar-refractivity contribution in [3.05, 3.63) is 0 Å². The molecular weight excluding hydrogens is 266 g/mol. The molecule has 2 aliphatic heterocycles. The number of hydrogen-bond acceptors (Lipinski definition) is 4. The average Bonchev–Trinajstić information content (AvgIpc) is 2.50. The summed E-state index contributed by atoms with van der Waals surface area (Å²) in [4.78, 5) is 19.2. The van der Waals surface area contributed by atoms with Crippen LogP contribution in [0, 0.1) is 5.92 Å². The number of rotatable bonds is 5. The summed E-state index contributed by atoms with van der Waals surface area (Å²) in [5.41, 5.74) is 0. The van der Waals surface area contributed by atoms with Gasteiger partial charge >= 0.3 is 0 Å². The molecule has 1 aliphatic carbocycles. The molecule has 3 fully saturated rings. The van der Waals surface area contributed by atoms with Gasteiger partial charge in [0, 0.05) is 58.8 Å². The molecule has 5 heteroatoms. The van der Waals surface area contributed by atoms with Gasteiger partial charge in [-0.3, -0.25) is 14.6 Å². The smallest absolute Gasteiger partial charge is 0.223 e. The number of nitrogens with zero attached hydrogens (tertiary/aromatic N) is 3. The first kappa shape index (κ1) is 15.3. The lowest BCUT2D eigenvalue weighted by Gasteiger charge is -2.38. The number of amides is 1. The predicted octanol–water partition coefficient (Wildman–Crippen LogP) is 0.653. The summed E-state index contributed by atoms with van der Waals surface area (Å²) in [7, 11) is 0. The summed E-state index contributed by atoms with van der Waals surface area (Å²) in [5, 5.41) is 0. The lowest BCUT2D eigenvalue weighted by molar-refractivity contribution is -0.133. The lowest BCUT2D eigenvalue weighted by atomic mass is 9.85. The van der Waals surface area contributed by atoms with Crippen LogP contribution in [0.5, 0.6) is 0 Å². The second-order valence-corrected chi connectivity index (χ2v) is 6.68. The SMILES string of the molecule is O=C(CCN1CCOCC1)N1CCN(CC2CCC2)CC1. The average molecular weight is 295 g/mol. The Morgan fingerprint density at radius 3 is 2.29 bits per heavy atom. The minimum Gasteiger partial charge on any atom is -0.379 e. The summed E-state index contributed by atoms with van der Waals surface area (Å²) in [5.74, 6) is 1.28. The van der Waals surface area contributed by atoms with Gasteiger partial charge in [-0.05, 0) is 18.8 Å². The van der Waals surface area contributed by atoms with E-state index in [9.17, 15) is 4.79 Å². The maximum absolute atomic E-state index is 12.3. The van der Waals surface area contributed by atoms with E-state index in [-0.39, 0.29) is 0 Å². The van der Waals surface area contributed by atoms with Gasteiger partial charge in [-0.15, -0.1) is 0 Å². The molecule has 0 radical (unpaired) electrons. The number of piperazine rings is 1. The Morgan fingerprint density at radius 1 is 0.952 bits per heavy atom. The Bertz CT molecular complexity index is 332. The maximum atomic E-state index is 12.3. The molecule has 0 spiro atoms. The molecular formula is C16H29N3O2. The van der Waals surface area contributed by atoms with Crippen molar-refractivity contribution in [2.75, 3.05) is 65.6 Å². The van der Waals surface area contributed by atoms with Crippen LogP contribution in [-0.4, -0.2) is 86.2 Å². The normalized spacial score (nSPS) is 25.8. The van der Waals surface area contributed by atoms with Gasteiger partial charge in [0.15, 0.2) is 0 Å². The molecule has 0 aromatic carbocycles. The first-order valence-electron chi connectivity index (χ1n) is 8.61. The molecule has 0 aromatic heterocycles. The lowest BCUT2D eigenvalue weighted by Crippen LogP contribution is -2.50. The van der Waals surface area contributed by atoms with Crippen LogP contribution in [0.25, 0.3) is 0 Å². The predicted molar refractivity (Wildman–Crippen MR) is 82.2 cm³/mol. The van der Waals surface area contributed by atoms with E-state index >= 15 is 0 Å². The highest BCUT2D eigenvalue weighted by Crippen LogP contribution is 2.27. The largest absolute Gasteiger partial charge is 0.379 e. The van der Waals surface area contributed by atoms with E-state index in [4.69, 9.17) is 4.74 Å². The fraction of sp³-hybridized carbons (Fsp3) is 0.938. The summed E-state index contributed by atoms with van der Waals surface area (Å²) < 4.78 is 5.34. The van der Waals surface area contributed by atoms with Gasteiger partial charge in [0.1, 0.15) is 0 Å². The zero-order valence-corrected chi connectivity index (χ0v) is 13.1. The van der Waals surface area contributed by atoms with E-state index in [1.165, 1.54) is 25.8 Å². The molecule has 2 heterocycles. The first-order valence-corrected chi connectivity index (χ1v) is 8.61. The van der Waals surface area contributed by atoms with Crippen LogP contribution in [0.15, 0.2) is 0 Å². The Morgan fingerprint density at radius 2 is 1.67 bits per heavy atom. The number of morpholine rings is 1. The van der Waals surface area contributed by atoms with Crippen molar-refractivity contribution < 1.29 is 9.53 Å². The zero-order chi connectivity index (χ0) is 14.5. The maximum Gasteiger partial charge on any atom is 0.223 e. The molecule has 120 valence electrons. The van der Waals surface area contributed by atoms with Crippen molar-refractivity contribution in [1.82, 2.24) is 14.7 Å². The molecule has 0 atom stereocenters. The van der Waals surface area contributed by atoms with Gasteiger partial charge < -0.3 is 9.64 Å². The van der Waals surface area contributed by atoms with Gasteiger partial charge in [-0.2, -0.15) is 0 Å². The summed E-state index contributed by atoms with van der Waals surface area (Å²) in [6.45, 7) is 9.72. The Kier molecular flexibility index (Phi) is 5.49. The molecule has 1 saturated carbocycles. The van der Waals surface area contributed by atoms with Crippen molar-refractivity contribution >= 4 is 5.91 Å². The molecule has 0 unspecified atom stereocenters. The van der Waals surface area contributed by atoms with Crippen LogP contribution in [0.2, 0.25) is 0 Å². The molecule has 3 rings (SSSR count). The molecule has 3 aliphatic rings. The Hall–Kier alpha value is -0.650. The fourth-order valence-corrected chi connectivity index (χ4v) is 3.46. The van der Waals surface area contributed by atoms with E-state index in [1.54, 1.807) is 0 Å². The number of ether oxygens (including phenoxy) is 1. The highest BCUT2D eigenvalue weighted by molar-refractivity contribution is 5.76.